The summed E-state index contributed by atoms with van der Waals surface area (Å²) in [6.45, 7) is -0.142. The van der Waals surface area contributed by atoms with Gasteiger partial charge < -0.3 is 15.0 Å². The standard InChI is InChI=1S/C35H23Cl2N3O4/c36-22-11-14-25(27(37)19-22)32(42)30-29(31(41)21-9-12-23(13-10-21)44-18-16-38)35(26-7-3-4-8-28(26)39-34(35)43)33-24-6-2-1-5-20(24)15-17-40(30)33/h1-15,17,19,29-30,33H,18H2,(H,39,43)/t29-,30-,33+,35+/m0/s1. The van der Waals surface area contributed by atoms with Crippen LogP contribution in [0.5, 0.6) is 5.75 Å². The predicted molar refractivity (Wildman–Crippen MR) is 167 cm³/mol. The Hall–Kier alpha value is -4.90. The quantitative estimate of drug-likeness (QED) is 0.236. The maximum Gasteiger partial charge on any atom is 0.238 e. The van der Waals surface area contributed by atoms with Crippen LogP contribution in [0.1, 0.15) is 43.4 Å². The molecule has 4 aromatic carbocycles. The summed E-state index contributed by atoms with van der Waals surface area (Å²) in [4.78, 5) is 46.0. The van der Waals surface area contributed by atoms with Crippen molar-refractivity contribution in [3.63, 3.8) is 0 Å². The second-order valence-corrected chi connectivity index (χ2v) is 11.8. The number of fused-ring (bicyclic) bond motifs is 6. The number of hydrogen-bond donors (Lipinski definition) is 1. The van der Waals surface area contributed by atoms with Gasteiger partial charge in [0.1, 0.15) is 23.3 Å². The molecule has 9 heteroatoms. The smallest absolute Gasteiger partial charge is 0.238 e. The fourth-order valence-corrected chi connectivity index (χ4v) is 7.53. The third-order valence-electron chi connectivity index (χ3n) is 8.76. The highest BCUT2D eigenvalue weighted by molar-refractivity contribution is 6.37. The lowest BCUT2D eigenvalue weighted by atomic mass is 9.62. The van der Waals surface area contributed by atoms with Crippen LogP contribution in [0.3, 0.4) is 0 Å². The summed E-state index contributed by atoms with van der Waals surface area (Å²) in [6.07, 6.45) is 3.71. The van der Waals surface area contributed by atoms with E-state index >= 15 is 0 Å². The number of carbonyl (C=O) groups excluding carboxylic acids is 3. The zero-order chi connectivity index (χ0) is 30.6. The van der Waals surface area contributed by atoms with Crippen LogP contribution in [0.15, 0.2) is 97.2 Å². The zero-order valence-corrected chi connectivity index (χ0v) is 24.5. The summed E-state index contributed by atoms with van der Waals surface area (Å²) >= 11 is 12.8. The summed E-state index contributed by atoms with van der Waals surface area (Å²) < 4.78 is 5.39. The van der Waals surface area contributed by atoms with Gasteiger partial charge in [0.05, 0.1) is 17.0 Å². The number of rotatable bonds is 6. The highest BCUT2D eigenvalue weighted by Crippen LogP contribution is 2.62. The van der Waals surface area contributed by atoms with Gasteiger partial charge in [-0.1, -0.05) is 65.7 Å². The summed E-state index contributed by atoms with van der Waals surface area (Å²) in [6, 6.07) is 26.2. The van der Waals surface area contributed by atoms with E-state index in [2.05, 4.69) is 5.32 Å². The average Bonchev–Trinajstić information content (AvgIpc) is 3.51. The Bertz CT molecular complexity index is 1930. The van der Waals surface area contributed by atoms with Crippen molar-refractivity contribution in [2.45, 2.75) is 17.5 Å². The molecule has 4 atom stereocenters. The van der Waals surface area contributed by atoms with Crippen LogP contribution >= 0.6 is 23.2 Å². The van der Waals surface area contributed by atoms with Gasteiger partial charge in [-0.25, -0.2) is 0 Å². The van der Waals surface area contributed by atoms with Gasteiger partial charge in [-0.15, -0.1) is 0 Å². The topological polar surface area (TPSA) is 99.5 Å². The Balaban J connectivity index is 1.49. The molecule has 3 aliphatic rings. The molecule has 7 nitrogen and oxygen atoms in total. The van der Waals surface area contributed by atoms with E-state index in [9.17, 15) is 14.4 Å². The van der Waals surface area contributed by atoms with Gasteiger partial charge in [0.25, 0.3) is 0 Å². The van der Waals surface area contributed by atoms with E-state index in [1.807, 2.05) is 71.8 Å². The van der Waals surface area contributed by atoms with Crippen molar-refractivity contribution in [3.8, 4) is 11.8 Å². The second kappa shape index (κ2) is 10.7. The van der Waals surface area contributed by atoms with Crippen molar-refractivity contribution in [2.24, 2.45) is 5.92 Å². The number of Topliss-reactive ketones (excluding diaryl/α,β-unsaturated/α-hetero) is 2. The van der Waals surface area contributed by atoms with Crippen LogP contribution in [0.4, 0.5) is 5.69 Å². The van der Waals surface area contributed by atoms with Crippen molar-refractivity contribution in [3.05, 3.63) is 135 Å². The molecule has 0 unspecified atom stereocenters. The number of halogens is 2. The van der Waals surface area contributed by atoms with E-state index in [4.69, 9.17) is 33.2 Å². The van der Waals surface area contributed by atoms with Gasteiger partial charge >= 0.3 is 0 Å². The van der Waals surface area contributed by atoms with E-state index in [1.54, 1.807) is 36.4 Å². The first-order valence-corrected chi connectivity index (χ1v) is 14.7. The molecule has 3 aliphatic heterocycles. The Labute approximate surface area is 263 Å². The molecule has 0 saturated carbocycles. The molecule has 0 aromatic heterocycles. The van der Waals surface area contributed by atoms with Crippen LogP contribution in [-0.4, -0.2) is 35.0 Å². The Morgan fingerprint density at radius 2 is 1.70 bits per heavy atom. The number of para-hydroxylation sites is 1. The first-order chi connectivity index (χ1) is 21.4. The highest BCUT2D eigenvalue weighted by Gasteiger charge is 2.70. The highest BCUT2D eigenvalue weighted by atomic mass is 35.5. The van der Waals surface area contributed by atoms with Crippen LogP contribution < -0.4 is 10.1 Å². The maximum absolute atomic E-state index is 14.9. The molecule has 216 valence electrons. The number of carbonyl (C=O) groups is 3. The summed E-state index contributed by atoms with van der Waals surface area (Å²) in [5.41, 5.74) is 2.01. The van der Waals surface area contributed by atoms with Crippen LogP contribution in [0.2, 0.25) is 10.0 Å². The number of anilines is 1. The molecule has 4 aromatic rings. The first kappa shape index (κ1) is 27.9. The molecule has 0 bridgehead atoms. The van der Waals surface area contributed by atoms with Crippen LogP contribution in [0, 0.1) is 17.2 Å². The third kappa shape index (κ3) is 4.06. The van der Waals surface area contributed by atoms with E-state index in [0.717, 1.165) is 11.1 Å². The molecule has 7 rings (SSSR count). The number of ketones is 2. The maximum atomic E-state index is 14.9. The van der Waals surface area contributed by atoms with Crippen molar-refractivity contribution in [1.82, 2.24) is 4.90 Å². The second-order valence-electron chi connectivity index (χ2n) is 10.9. The summed E-state index contributed by atoms with van der Waals surface area (Å²) in [5.74, 6) is -1.88. The van der Waals surface area contributed by atoms with Gasteiger partial charge in [0.15, 0.2) is 18.2 Å². The normalized spacial score (nSPS) is 22.5. The van der Waals surface area contributed by atoms with Crippen molar-refractivity contribution in [2.75, 3.05) is 11.9 Å². The molecule has 1 fully saturated rings. The van der Waals surface area contributed by atoms with E-state index < -0.39 is 29.2 Å². The van der Waals surface area contributed by atoms with Crippen LogP contribution in [-0.2, 0) is 10.2 Å². The number of ether oxygens (including phenoxy) is 1. The molecule has 0 radical (unpaired) electrons. The molecule has 1 amide bonds. The fourth-order valence-electron chi connectivity index (χ4n) is 7.03. The minimum Gasteiger partial charge on any atom is -0.479 e. The molecular weight excluding hydrogens is 597 g/mol. The van der Waals surface area contributed by atoms with Gasteiger partial charge in [-0.05, 0) is 71.3 Å². The zero-order valence-electron chi connectivity index (χ0n) is 23.0. The number of amides is 1. The summed E-state index contributed by atoms with van der Waals surface area (Å²) in [5, 5.41) is 12.5. The van der Waals surface area contributed by atoms with E-state index in [0.29, 0.717) is 27.6 Å². The monoisotopic (exact) mass is 619 g/mol. The Morgan fingerprint density at radius 3 is 2.48 bits per heavy atom. The van der Waals surface area contributed by atoms with E-state index in [-0.39, 0.29) is 28.9 Å². The number of benzene rings is 4. The lowest BCUT2D eigenvalue weighted by Gasteiger charge is -2.38. The lowest BCUT2D eigenvalue weighted by Crippen LogP contribution is -2.49. The minimum atomic E-state index is -1.47. The number of nitrogens with one attached hydrogen (secondary N) is 1. The van der Waals surface area contributed by atoms with Gasteiger partial charge in [0, 0.05) is 28.0 Å². The van der Waals surface area contributed by atoms with Gasteiger partial charge in [-0.3, -0.25) is 14.4 Å². The molecule has 3 heterocycles. The molecular formula is C35H23Cl2N3O4. The Kier molecular flexibility index (Phi) is 6.77. The SMILES string of the molecule is N#CCOc1ccc(C(=O)[C@@H]2[C@@H](C(=O)c3ccc(Cl)cc3Cl)N3C=Cc4ccccc4[C@@H]3[C@]23C(=O)Nc2ccccc23)cc1. The van der Waals surface area contributed by atoms with Gasteiger partial charge in [-0.2, -0.15) is 5.26 Å². The van der Waals surface area contributed by atoms with E-state index in [1.165, 1.54) is 6.07 Å². The molecule has 44 heavy (non-hydrogen) atoms. The van der Waals surface area contributed by atoms with Crippen molar-refractivity contribution in [1.29, 1.82) is 5.26 Å². The summed E-state index contributed by atoms with van der Waals surface area (Å²) in [7, 11) is 0. The van der Waals surface area contributed by atoms with Gasteiger partial charge in [0.2, 0.25) is 5.91 Å². The van der Waals surface area contributed by atoms with Crippen molar-refractivity contribution < 1.29 is 19.1 Å². The lowest BCUT2D eigenvalue weighted by molar-refractivity contribution is -0.122. The van der Waals surface area contributed by atoms with Crippen molar-refractivity contribution >= 4 is 52.4 Å². The minimum absolute atomic E-state index is 0.142. The molecule has 1 spiro atoms. The molecule has 1 saturated heterocycles. The first-order valence-electron chi connectivity index (χ1n) is 13.9. The number of hydrogen-bond acceptors (Lipinski definition) is 6. The molecule has 0 aliphatic carbocycles. The number of nitrogens with zero attached hydrogens (tertiary/aromatic N) is 2. The average molecular weight is 620 g/mol. The third-order valence-corrected chi connectivity index (χ3v) is 9.31. The fraction of sp³-hybridized carbons (Fsp3) is 0.143. The molecule has 1 N–H and O–H groups in total. The Morgan fingerprint density at radius 1 is 0.955 bits per heavy atom. The largest absolute Gasteiger partial charge is 0.479 e. The predicted octanol–water partition coefficient (Wildman–Crippen LogP) is 6.88. The number of nitriles is 1. The van der Waals surface area contributed by atoms with Crippen LogP contribution in [0.25, 0.3) is 6.08 Å².